The highest BCUT2D eigenvalue weighted by Crippen LogP contribution is 2.38. The van der Waals surface area contributed by atoms with Crippen LogP contribution in [0.2, 0.25) is 0 Å². The average Bonchev–Trinajstić information content (AvgIpc) is 1.37. The van der Waals surface area contributed by atoms with Crippen LogP contribution in [-0.4, -0.2) is 221 Å². The second-order valence-corrected chi connectivity index (χ2v) is 28.5. The molecule has 0 radical (unpaired) electrons. The molecule has 0 saturated heterocycles. The number of ether oxygens (including phenoxy) is 10. The Morgan fingerprint density at radius 2 is 0.913 bits per heavy atom. The van der Waals surface area contributed by atoms with E-state index in [2.05, 4.69) is 0 Å². The lowest BCUT2D eigenvalue weighted by Crippen LogP contribution is -2.46. The number of hydrogen-bond donors (Lipinski definition) is 4. The lowest BCUT2D eigenvalue weighted by molar-refractivity contribution is -0.166. The number of hydrogen-bond acceptors (Lipinski definition) is 24. The van der Waals surface area contributed by atoms with Crippen LogP contribution >= 0.6 is 0 Å². The number of Topliss-reactive ketones (excluding diaryl/α,β-unsaturated/α-hetero) is 2. The Bertz CT molecular complexity index is 2810. The van der Waals surface area contributed by atoms with Crippen LogP contribution in [0.4, 0.5) is 0 Å². The summed E-state index contributed by atoms with van der Waals surface area (Å²) in [5.41, 5.74) is -1.48. The van der Waals surface area contributed by atoms with E-state index in [1.54, 1.807) is 131 Å². The summed E-state index contributed by atoms with van der Waals surface area (Å²) in [4.78, 5) is 89.4. The van der Waals surface area contributed by atoms with Crippen LogP contribution in [-0.2, 0) is 89.0 Å². The summed E-state index contributed by atoms with van der Waals surface area (Å²) in [7, 11) is 15.4. The molecule has 4 N–H and O–H groups in total. The molecule has 104 heavy (non-hydrogen) atoms. The summed E-state index contributed by atoms with van der Waals surface area (Å²) in [6, 6.07) is 0. The van der Waals surface area contributed by atoms with Gasteiger partial charge in [0.1, 0.15) is 59.9 Å². The zero-order chi connectivity index (χ0) is 77.7. The van der Waals surface area contributed by atoms with E-state index in [4.69, 9.17) is 66.2 Å². The number of aromatic nitrogens is 2. The third-order valence-electron chi connectivity index (χ3n) is 20.2. The maximum atomic E-state index is 14.0. The van der Waals surface area contributed by atoms with Crippen molar-refractivity contribution in [1.29, 1.82) is 0 Å². The maximum Gasteiger partial charge on any atom is 0.308 e. The number of esters is 2. The molecule has 3 rings (SSSR count). The number of allylic oxidation sites excluding steroid dienone is 4. The van der Waals surface area contributed by atoms with Gasteiger partial charge in [-0.1, -0.05) is 116 Å². The van der Waals surface area contributed by atoms with Gasteiger partial charge < -0.3 is 86.4 Å². The highest BCUT2D eigenvalue weighted by Gasteiger charge is 2.44. The van der Waals surface area contributed by atoms with Gasteiger partial charge in [-0.3, -0.25) is 28.8 Å². The van der Waals surface area contributed by atoms with Gasteiger partial charge in [-0.25, -0.2) is 9.97 Å². The Hall–Kier alpha value is -6.40. The van der Waals surface area contributed by atoms with E-state index in [1.165, 1.54) is 50.8 Å². The van der Waals surface area contributed by atoms with E-state index >= 15 is 0 Å². The third kappa shape index (κ3) is 31.2. The molecule has 18 atom stereocenters. The summed E-state index contributed by atoms with van der Waals surface area (Å²) in [6.45, 7) is 14.6. The van der Waals surface area contributed by atoms with Crippen molar-refractivity contribution in [3.63, 3.8) is 0 Å². The fourth-order valence-corrected chi connectivity index (χ4v) is 12.4. The summed E-state index contributed by atoms with van der Waals surface area (Å²) < 4.78 is 70.8. The predicted octanol–water partition coefficient (Wildman–Crippen LogP) is 9.82. The van der Waals surface area contributed by atoms with Crippen molar-refractivity contribution < 1.29 is 105 Å². The molecule has 2 amide bonds. The van der Waals surface area contributed by atoms with Crippen LogP contribution in [0.5, 0.6) is 0 Å². The number of ketones is 2. The molecule has 2 aromatic heterocycles. The Morgan fingerprint density at radius 1 is 0.558 bits per heavy atom. The number of methoxy groups -OCH3 is 8. The molecule has 1 aliphatic heterocycles. The standard InChI is InChI=1S/C78H124N4O22/c1-51(33-35-61(87)53(3)63(95-13)31-25-37-81(9)49-83)67(99-17)43-69(89)77(5,6)71-45-73-79-59(47-101-73)65(97-15)29-23-19-22-28-58(94-12)40-56(86)42-76(92)104-72(46-74-80-60(48-102-74)66(98-16)30-24-20-21-27-57(93-11)39-55(85)41-75(91)103-71)78(7,8)70(90)44-68(100-18)52(2)34-36-62(88)54(4)64(96-14)32-26-38-82(10)50-84/h19-28,37-38,47-58,63-72,85-86,89-90H,29-36,39-46H2,1-18H3/b23-19?,24-20?,27-21?,28-22?,37-25+,38-26+. The van der Waals surface area contributed by atoms with Crippen LogP contribution < -0.4 is 0 Å². The summed E-state index contributed by atoms with van der Waals surface area (Å²) in [6.07, 6.45) is 16.2. The number of nitrogens with zero attached hydrogens (tertiary/aromatic N) is 4. The lowest BCUT2D eigenvalue weighted by Gasteiger charge is -2.39. The van der Waals surface area contributed by atoms with Crippen molar-refractivity contribution in [1.82, 2.24) is 19.8 Å². The first-order chi connectivity index (χ1) is 49.4. The molecule has 0 spiro atoms. The fraction of sp³-hybridized carbons (Fsp3) is 0.692. The topological polar surface area (TPSA) is 334 Å². The van der Waals surface area contributed by atoms with Gasteiger partial charge >= 0.3 is 11.9 Å². The van der Waals surface area contributed by atoms with Crippen molar-refractivity contribution in [2.45, 2.75) is 244 Å². The molecule has 18 unspecified atom stereocenters. The van der Waals surface area contributed by atoms with Crippen molar-refractivity contribution in [3.8, 4) is 0 Å². The third-order valence-corrected chi connectivity index (χ3v) is 20.2. The van der Waals surface area contributed by atoms with Gasteiger partial charge in [0.25, 0.3) is 0 Å². The first-order valence-corrected chi connectivity index (χ1v) is 36.0. The van der Waals surface area contributed by atoms with Crippen LogP contribution in [0.25, 0.3) is 0 Å². The molecule has 3 heterocycles. The Labute approximate surface area is 616 Å². The Kier molecular flexibility index (Phi) is 42.4. The largest absolute Gasteiger partial charge is 0.461 e. The highest BCUT2D eigenvalue weighted by atomic mass is 16.6. The summed E-state index contributed by atoms with van der Waals surface area (Å²) in [5.74, 6) is -2.37. The summed E-state index contributed by atoms with van der Waals surface area (Å²) >= 11 is 0. The van der Waals surface area contributed by atoms with Gasteiger partial charge in [0.05, 0.1) is 86.7 Å². The van der Waals surface area contributed by atoms with Gasteiger partial charge in [0.2, 0.25) is 12.8 Å². The van der Waals surface area contributed by atoms with Gasteiger partial charge in [-0.05, 0) is 50.4 Å². The predicted molar refractivity (Wildman–Crippen MR) is 390 cm³/mol. The Morgan fingerprint density at radius 3 is 1.23 bits per heavy atom. The molecule has 26 heteroatoms. The molecular formula is C78H124N4O22. The summed E-state index contributed by atoms with van der Waals surface area (Å²) in [5, 5.41) is 47.2. The number of oxazole rings is 2. The number of aliphatic hydroxyl groups is 4. The minimum Gasteiger partial charge on any atom is -0.461 e. The van der Waals surface area contributed by atoms with E-state index in [9.17, 15) is 49.2 Å². The monoisotopic (exact) mass is 1470 g/mol. The molecule has 1 aliphatic rings. The number of amides is 2. The minimum absolute atomic E-state index is 0.00258. The van der Waals surface area contributed by atoms with Crippen molar-refractivity contribution >= 4 is 36.3 Å². The van der Waals surface area contributed by atoms with Crippen LogP contribution in [0.1, 0.15) is 181 Å². The van der Waals surface area contributed by atoms with Crippen molar-refractivity contribution in [3.05, 3.63) is 109 Å². The normalized spacial score (nSPS) is 23.7. The molecule has 0 fully saturated rings. The second-order valence-electron chi connectivity index (χ2n) is 28.5. The first kappa shape index (κ1) is 91.8. The van der Waals surface area contributed by atoms with E-state index in [1.807, 2.05) is 39.8 Å². The van der Waals surface area contributed by atoms with Gasteiger partial charge in [0.15, 0.2) is 11.8 Å². The maximum absolute atomic E-state index is 14.0. The minimum atomic E-state index is -1.22. The highest BCUT2D eigenvalue weighted by molar-refractivity contribution is 5.81. The van der Waals surface area contributed by atoms with Crippen LogP contribution in [0, 0.1) is 34.5 Å². The number of carbonyl (C=O) groups is 6. The van der Waals surface area contributed by atoms with Gasteiger partial charge in [0, 0.05) is 145 Å². The van der Waals surface area contributed by atoms with E-state index in [0.29, 0.717) is 62.7 Å². The van der Waals surface area contributed by atoms with Gasteiger partial charge in [-0.2, -0.15) is 0 Å². The van der Waals surface area contributed by atoms with Crippen molar-refractivity contribution in [2.24, 2.45) is 34.5 Å². The second kappa shape index (κ2) is 48.0. The van der Waals surface area contributed by atoms with Crippen LogP contribution in [0.3, 0.4) is 0 Å². The number of cyclic esters (lactones) is 2. The Balaban J connectivity index is 1.94. The van der Waals surface area contributed by atoms with E-state index < -0.39 is 133 Å². The van der Waals surface area contributed by atoms with Crippen molar-refractivity contribution in [2.75, 3.05) is 71.0 Å². The molecule has 0 aromatic carbocycles. The SMILES string of the molecule is COC1C=CC=CCC(OC)c2coc(n2)CC(C(C)(C)C(O)CC(OC)C(C)CCC(=O)C(C)C(C/C=C/N(C)C=O)OC)OC(=O)CC(O)CC(OC)C=CC=CCC(OC)c2coc(n2)CC(C(C)(C)C(O)CC(OC)C(C)CCC(=O)C(C)C(C/C=C/N(C)C=O)OC)OC(=O)CC(O)C1. The first-order valence-electron chi connectivity index (χ1n) is 36.0. The van der Waals surface area contributed by atoms with E-state index in [-0.39, 0.29) is 86.6 Å². The van der Waals surface area contributed by atoms with E-state index in [0.717, 1.165) is 0 Å². The molecular weight excluding hydrogens is 1340 g/mol. The average molecular weight is 1470 g/mol. The number of rotatable bonds is 36. The quantitative estimate of drug-likeness (QED) is 0.0364. The molecule has 26 nitrogen and oxygen atoms in total. The fourth-order valence-electron chi connectivity index (χ4n) is 12.4. The molecule has 4 bridgehead atoms. The lowest BCUT2D eigenvalue weighted by atomic mass is 9.75. The molecule has 2 aromatic rings. The molecule has 588 valence electrons. The smallest absolute Gasteiger partial charge is 0.308 e. The number of fused-ring (bicyclic) bond motifs is 4. The van der Waals surface area contributed by atoms with Crippen LogP contribution in [0.15, 0.2) is 94.5 Å². The number of aliphatic hydroxyl groups excluding tert-OH is 4. The zero-order valence-electron chi connectivity index (χ0n) is 64.9. The van der Waals surface area contributed by atoms with Gasteiger partial charge in [-0.15, -0.1) is 0 Å². The molecule has 0 saturated carbocycles. The molecule has 0 aliphatic carbocycles. The number of carbonyl (C=O) groups excluding carboxylic acids is 6. The zero-order valence-corrected chi connectivity index (χ0v) is 64.9.